The molecule has 1 saturated heterocycles. The van der Waals surface area contributed by atoms with Crippen molar-refractivity contribution in [3.05, 3.63) is 0 Å². The monoisotopic (exact) mass is 180 g/mol. The number of aliphatic hydroxyl groups excluding tert-OH is 1. The highest BCUT2D eigenvalue weighted by Crippen LogP contribution is 2.34. The highest BCUT2D eigenvalue weighted by atomic mass is 16.3. The maximum atomic E-state index is 9.05. The van der Waals surface area contributed by atoms with Crippen LogP contribution in [0.15, 0.2) is 0 Å². The number of nitriles is 1. The third kappa shape index (κ3) is 1.56. The number of nitrogens with zero attached hydrogens (tertiary/aromatic N) is 2. The molecule has 1 aliphatic carbocycles. The highest BCUT2D eigenvalue weighted by molar-refractivity contribution is 4.97. The van der Waals surface area contributed by atoms with Crippen molar-refractivity contribution in [2.24, 2.45) is 11.8 Å². The molecule has 0 radical (unpaired) electrons. The molecule has 2 fully saturated rings. The van der Waals surface area contributed by atoms with Gasteiger partial charge in [-0.1, -0.05) is 0 Å². The van der Waals surface area contributed by atoms with Crippen LogP contribution >= 0.6 is 0 Å². The second-order valence-electron chi connectivity index (χ2n) is 4.20. The molecule has 0 aromatic heterocycles. The zero-order valence-corrected chi connectivity index (χ0v) is 7.82. The zero-order valence-electron chi connectivity index (χ0n) is 7.82. The van der Waals surface area contributed by atoms with Gasteiger partial charge in [0.25, 0.3) is 0 Å². The van der Waals surface area contributed by atoms with E-state index in [2.05, 4.69) is 11.0 Å². The summed E-state index contributed by atoms with van der Waals surface area (Å²) < 4.78 is 0. The van der Waals surface area contributed by atoms with Crippen molar-refractivity contribution in [3.8, 4) is 6.07 Å². The summed E-state index contributed by atoms with van der Waals surface area (Å²) in [7, 11) is 0. The van der Waals surface area contributed by atoms with Crippen molar-refractivity contribution in [3.63, 3.8) is 0 Å². The fourth-order valence-corrected chi connectivity index (χ4v) is 2.44. The number of likely N-dealkylation sites (tertiary alicyclic amines) is 1. The molecule has 0 spiro atoms. The molecule has 1 saturated carbocycles. The van der Waals surface area contributed by atoms with Gasteiger partial charge in [0, 0.05) is 19.2 Å². The van der Waals surface area contributed by atoms with Gasteiger partial charge in [-0.2, -0.15) is 5.26 Å². The quantitative estimate of drug-likeness (QED) is 0.677. The third-order valence-corrected chi connectivity index (χ3v) is 3.48. The SMILES string of the molecule is N#CC1CCN(C2CCC2CO)C1. The molecule has 1 heterocycles. The summed E-state index contributed by atoms with van der Waals surface area (Å²) in [5.41, 5.74) is 0. The van der Waals surface area contributed by atoms with Crippen LogP contribution in [0.25, 0.3) is 0 Å². The molecule has 72 valence electrons. The topological polar surface area (TPSA) is 47.3 Å². The number of rotatable bonds is 2. The molecule has 3 unspecified atom stereocenters. The van der Waals surface area contributed by atoms with Gasteiger partial charge in [0.2, 0.25) is 0 Å². The fraction of sp³-hybridized carbons (Fsp3) is 0.900. The van der Waals surface area contributed by atoms with Crippen molar-refractivity contribution in [2.75, 3.05) is 19.7 Å². The van der Waals surface area contributed by atoms with Crippen molar-refractivity contribution < 1.29 is 5.11 Å². The fourth-order valence-electron chi connectivity index (χ4n) is 2.44. The molecule has 2 rings (SSSR count). The van der Waals surface area contributed by atoms with E-state index in [1.807, 2.05) is 0 Å². The Morgan fingerprint density at radius 2 is 2.23 bits per heavy atom. The van der Waals surface area contributed by atoms with Gasteiger partial charge in [-0.25, -0.2) is 0 Å². The van der Waals surface area contributed by atoms with E-state index in [4.69, 9.17) is 10.4 Å². The third-order valence-electron chi connectivity index (χ3n) is 3.48. The standard InChI is InChI=1S/C10H16N2O/c11-5-8-3-4-12(6-8)10-2-1-9(10)7-13/h8-10,13H,1-4,6-7H2. The van der Waals surface area contributed by atoms with Gasteiger partial charge in [-0.15, -0.1) is 0 Å². The predicted molar refractivity (Wildman–Crippen MR) is 48.9 cm³/mol. The van der Waals surface area contributed by atoms with Crippen LogP contribution < -0.4 is 0 Å². The van der Waals surface area contributed by atoms with Crippen molar-refractivity contribution in [1.29, 1.82) is 5.26 Å². The van der Waals surface area contributed by atoms with Gasteiger partial charge < -0.3 is 5.11 Å². The van der Waals surface area contributed by atoms with Gasteiger partial charge >= 0.3 is 0 Å². The first kappa shape index (κ1) is 8.98. The molecular formula is C10H16N2O. The van der Waals surface area contributed by atoms with Crippen molar-refractivity contribution >= 4 is 0 Å². The molecule has 3 heteroatoms. The summed E-state index contributed by atoms with van der Waals surface area (Å²) in [5, 5.41) is 17.8. The summed E-state index contributed by atoms with van der Waals surface area (Å²) in [6.07, 6.45) is 3.39. The van der Waals surface area contributed by atoms with E-state index in [9.17, 15) is 0 Å². The molecule has 3 atom stereocenters. The lowest BCUT2D eigenvalue weighted by atomic mass is 9.79. The summed E-state index contributed by atoms with van der Waals surface area (Å²) in [6.45, 7) is 2.30. The van der Waals surface area contributed by atoms with Crippen molar-refractivity contribution in [1.82, 2.24) is 4.90 Å². The lowest BCUT2D eigenvalue weighted by molar-refractivity contribution is 0.0390. The average Bonchev–Trinajstić information content (AvgIpc) is 2.52. The maximum absolute atomic E-state index is 9.05. The minimum absolute atomic E-state index is 0.236. The lowest BCUT2D eigenvalue weighted by Crippen LogP contribution is -2.47. The van der Waals surface area contributed by atoms with E-state index < -0.39 is 0 Å². The molecule has 1 aliphatic heterocycles. The van der Waals surface area contributed by atoms with Crippen LogP contribution in [0.4, 0.5) is 0 Å². The Hall–Kier alpha value is -0.590. The Bertz CT molecular complexity index is 221. The van der Waals surface area contributed by atoms with E-state index in [1.54, 1.807) is 0 Å². The van der Waals surface area contributed by atoms with Crippen LogP contribution in [0.1, 0.15) is 19.3 Å². The molecule has 13 heavy (non-hydrogen) atoms. The minimum atomic E-state index is 0.236. The Balaban J connectivity index is 1.86. The van der Waals surface area contributed by atoms with Crippen molar-refractivity contribution in [2.45, 2.75) is 25.3 Å². The summed E-state index contributed by atoms with van der Waals surface area (Å²) >= 11 is 0. The molecule has 0 aromatic rings. The first-order valence-electron chi connectivity index (χ1n) is 5.09. The molecule has 2 aliphatic rings. The predicted octanol–water partition coefficient (Wildman–Crippen LogP) is 0.603. The first-order chi connectivity index (χ1) is 6.35. The molecular weight excluding hydrogens is 164 g/mol. The summed E-state index contributed by atoms with van der Waals surface area (Å²) in [4.78, 5) is 2.39. The normalized spacial score (nSPS) is 39.8. The van der Waals surface area contributed by atoms with Crippen LogP contribution in [0.3, 0.4) is 0 Å². The van der Waals surface area contributed by atoms with Crippen LogP contribution in [0.2, 0.25) is 0 Å². The second kappa shape index (κ2) is 3.65. The number of aliphatic hydroxyl groups is 1. The van der Waals surface area contributed by atoms with Crippen LogP contribution in [0, 0.1) is 23.2 Å². The molecule has 1 N–H and O–H groups in total. The smallest absolute Gasteiger partial charge is 0.0669 e. The van der Waals surface area contributed by atoms with E-state index in [1.165, 1.54) is 6.42 Å². The summed E-state index contributed by atoms with van der Waals surface area (Å²) in [6, 6.07) is 2.90. The lowest BCUT2D eigenvalue weighted by Gasteiger charge is -2.41. The van der Waals surface area contributed by atoms with Crippen LogP contribution in [-0.4, -0.2) is 35.7 Å². The zero-order chi connectivity index (χ0) is 9.26. The van der Waals surface area contributed by atoms with Gasteiger partial charge in [0.1, 0.15) is 0 Å². The average molecular weight is 180 g/mol. The van der Waals surface area contributed by atoms with Gasteiger partial charge in [0.15, 0.2) is 0 Å². The van der Waals surface area contributed by atoms with E-state index >= 15 is 0 Å². The van der Waals surface area contributed by atoms with Crippen LogP contribution in [-0.2, 0) is 0 Å². The maximum Gasteiger partial charge on any atom is 0.0669 e. The number of hydrogen-bond acceptors (Lipinski definition) is 3. The van der Waals surface area contributed by atoms with E-state index in [0.717, 1.165) is 25.9 Å². The Morgan fingerprint density at radius 3 is 2.69 bits per heavy atom. The first-order valence-corrected chi connectivity index (χ1v) is 5.09. The second-order valence-corrected chi connectivity index (χ2v) is 4.20. The molecule has 0 aromatic carbocycles. The van der Waals surface area contributed by atoms with Gasteiger partial charge in [-0.05, 0) is 31.7 Å². The van der Waals surface area contributed by atoms with Gasteiger partial charge in [-0.3, -0.25) is 4.90 Å². The molecule has 0 bridgehead atoms. The molecule has 3 nitrogen and oxygen atoms in total. The van der Waals surface area contributed by atoms with E-state index in [-0.39, 0.29) is 5.92 Å². The largest absolute Gasteiger partial charge is 0.396 e. The Morgan fingerprint density at radius 1 is 1.38 bits per heavy atom. The Kier molecular flexibility index (Phi) is 2.52. The van der Waals surface area contributed by atoms with E-state index in [0.29, 0.717) is 18.6 Å². The Labute approximate surface area is 79.0 Å². The molecule has 0 amide bonds. The minimum Gasteiger partial charge on any atom is -0.396 e. The summed E-state index contributed by atoms with van der Waals surface area (Å²) in [5.74, 6) is 0.720. The van der Waals surface area contributed by atoms with Gasteiger partial charge in [0.05, 0.1) is 12.0 Å². The number of hydrogen-bond donors (Lipinski definition) is 1. The van der Waals surface area contributed by atoms with Crippen LogP contribution in [0.5, 0.6) is 0 Å². The highest BCUT2D eigenvalue weighted by Gasteiger charge is 2.38.